The van der Waals surface area contributed by atoms with E-state index in [0.29, 0.717) is 10.5 Å². The minimum atomic E-state index is -5.74. The van der Waals surface area contributed by atoms with Gasteiger partial charge in [0.05, 0.1) is 27.1 Å². The zero-order valence-electron chi connectivity index (χ0n) is 26.6. The van der Waals surface area contributed by atoms with Crippen LogP contribution < -0.4 is 30.2 Å². The Bertz CT molecular complexity index is 1940. The Hall–Kier alpha value is -5.71. The lowest BCUT2D eigenvalue weighted by atomic mass is 10.1. The van der Waals surface area contributed by atoms with Crippen LogP contribution in [0.3, 0.4) is 0 Å². The van der Waals surface area contributed by atoms with Gasteiger partial charge in [-0.2, -0.15) is 13.2 Å². The maximum atomic E-state index is 14.2. The zero-order chi connectivity index (χ0) is 37.5. The average molecular weight is 738 g/mol. The van der Waals surface area contributed by atoms with Gasteiger partial charge in [-0.25, -0.2) is 17.6 Å². The zero-order valence-corrected chi connectivity index (χ0v) is 27.5. The van der Waals surface area contributed by atoms with E-state index in [-0.39, 0.29) is 34.2 Å². The van der Waals surface area contributed by atoms with Gasteiger partial charge in [-0.3, -0.25) is 14.4 Å². The van der Waals surface area contributed by atoms with Gasteiger partial charge in [0.1, 0.15) is 16.9 Å². The van der Waals surface area contributed by atoms with Gasteiger partial charge in [-0.1, -0.05) is 24.3 Å². The van der Waals surface area contributed by atoms with Gasteiger partial charge in [0.25, 0.3) is 11.8 Å². The summed E-state index contributed by atoms with van der Waals surface area (Å²) in [5, 5.41) is 6.74. The number of benzene rings is 4. The first-order valence-corrected chi connectivity index (χ1v) is 15.3. The fraction of sp³-hybridized carbons (Fsp3) is 0.147. The molecule has 9 nitrogen and oxygen atoms in total. The number of carbonyl (C=O) groups is 3. The van der Waals surface area contributed by atoms with Crippen molar-refractivity contribution >= 4 is 46.9 Å². The predicted octanol–water partition coefficient (Wildman–Crippen LogP) is 7.43. The van der Waals surface area contributed by atoms with E-state index in [1.54, 1.807) is 23.5 Å². The lowest BCUT2D eigenvalue weighted by Gasteiger charge is -2.15. The molecule has 3 N–H and O–H groups in total. The van der Waals surface area contributed by atoms with Crippen LogP contribution in [0.4, 0.5) is 42.1 Å². The summed E-state index contributed by atoms with van der Waals surface area (Å²) in [6, 6.07) is 16.9. The quantitative estimate of drug-likeness (QED) is 0.0600. The van der Waals surface area contributed by atoms with Crippen molar-refractivity contribution in [2.45, 2.75) is 11.1 Å². The van der Waals surface area contributed by atoms with Gasteiger partial charge >= 0.3 is 6.18 Å². The van der Waals surface area contributed by atoms with Crippen LogP contribution in [-0.4, -0.2) is 44.8 Å². The Morgan fingerprint density at radius 2 is 1.37 bits per heavy atom. The van der Waals surface area contributed by atoms with Crippen molar-refractivity contribution in [1.82, 2.24) is 5.32 Å². The Balaban J connectivity index is 1.54. The Morgan fingerprint density at radius 3 is 1.92 bits per heavy atom. The number of methoxy groups -OCH3 is 3. The number of ether oxygens (including phenoxy) is 3. The smallest absolute Gasteiger partial charge is 0.422 e. The van der Waals surface area contributed by atoms with Gasteiger partial charge in [-0.05, 0) is 54.1 Å². The molecule has 4 aromatic carbocycles. The van der Waals surface area contributed by atoms with Crippen LogP contribution in [0.1, 0.15) is 21.5 Å². The number of nitrogens with one attached hydrogen (secondary N) is 3. The number of hydrogen-bond donors (Lipinski definition) is 3. The first kappa shape index (κ1) is 38.1. The first-order valence-electron chi connectivity index (χ1n) is 14.3. The number of thioether (sulfide) groups is 1. The van der Waals surface area contributed by atoms with Gasteiger partial charge in [0, 0.05) is 16.1 Å². The number of amides is 3. The van der Waals surface area contributed by atoms with E-state index >= 15 is 0 Å². The van der Waals surface area contributed by atoms with Gasteiger partial charge in [-0.15, -0.1) is 11.8 Å². The van der Waals surface area contributed by atoms with E-state index in [2.05, 4.69) is 10.6 Å². The molecule has 0 aliphatic carbocycles. The molecule has 0 unspecified atom stereocenters. The predicted molar refractivity (Wildman–Crippen MR) is 174 cm³/mol. The van der Waals surface area contributed by atoms with E-state index in [1.807, 2.05) is 0 Å². The van der Waals surface area contributed by atoms with Crippen molar-refractivity contribution in [3.05, 3.63) is 112 Å². The number of carbonyl (C=O) groups excluding carboxylic acids is 3. The third-order valence-electron chi connectivity index (χ3n) is 6.80. The van der Waals surface area contributed by atoms with Gasteiger partial charge in [0.2, 0.25) is 11.7 Å². The van der Waals surface area contributed by atoms with Crippen molar-refractivity contribution < 1.29 is 59.3 Å². The third kappa shape index (κ3) is 9.10. The number of hydrogen-bond acceptors (Lipinski definition) is 7. The summed E-state index contributed by atoms with van der Waals surface area (Å²) in [5.74, 6) is -12.7. The normalized spacial score (nSPS) is 11.5. The topological polar surface area (TPSA) is 115 Å². The van der Waals surface area contributed by atoms with Crippen molar-refractivity contribution in [2.75, 3.05) is 37.7 Å². The standard InChI is InChI=1S/C34H26F7N3O6S/c1-48-22-13-17(14-23(49-2)31(22)50-3)12-21(43-32(46)18-8-5-4-6-9-18)33(47)42-19-10-7-11-20(15-19)51-16-24(45)44-30-28(37)26(35)25(34(39,40)41)27(36)29(30)38/h4-15H,16H2,1-3H3,(H,42,47)(H,43,46)(H,44,45)/b21-12+. The number of anilines is 2. The van der Waals surface area contributed by atoms with E-state index < -0.39 is 64.2 Å². The summed E-state index contributed by atoms with van der Waals surface area (Å²) in [7, 11) is 4.21. The third-order valence-corrected chi connectivity index (χ3v) is 7.79. The van der Waals surface area contributed by atoms with Crippen molar-refractivity contribution in [3.63, 3.8) is 0 Å². The molecule has 17 heteroatoms. The SMILES string of the molecule is COc1cc(/C=C(/NC(=O)c2ccccc2)C(=O)Nc2cccc(SCC(=O)Nc3c(F)c(F)c(C(F)(F)F)c(F)c3F)c2)cc(OC)c1OC. The summed E-state index contributed by atoms with van der Waals surface area (Å²) in [6.07, 6.45) is -4.38. The number of alkyl halides is 3. The fourth-order valence-electron chi connectivity index (χ4n) is 4.47. The highest BCUT2D eigenvalue weighted by atomic mass is 32.2. The van der Waals surface area contributed by atoms with Crippen LogP contribution in [0.25, 0.3) is 6.08 Å². The van der Waals surface area contributed by atoms with Crippen LogP contribution >= 0.6 is 11.8 Å². The van der Waals surface area contributed by atoms with Crippen molar-refractivity contribution in [1.29, 1.82) is 0 Å². The average Bonchev–Trinajstić information content (AvgIpc) is 3.10. The molecular weight excluding hydrogens is 711 g/mol. The largest absolute Gasteiger partial charge is 0.493 e. The maximum absolute atomic E-state index is 14.2. The second kappa shape index (κ2) is 16.3. The fourth-order valence-corrected chi connectivity index (χ4v) is 5.23. The van der Waals surface area contributed by atoms with Crippen LogP contribution in [0.15, 0.2) is 77.3 Å². The van der Waals surface area contributed by atoms with Crippen molar-refractivity contribution in [3.8, 4) is 17.2 Å². The van der Waals surface area contributed by atoms with Gasteiger partial charge < -0.3 is 30.2 Å². The van der Waals surface area contributed by atoms with E-state index in [9.17, 15) is 45.1 Å². The highest BCUT2D eigenvalue weighted by Gasteiger charge is 2.42. The lowest BCUT2D eigenvalue weighted by Crippen LogP contribution is -2.30. The Morgan fingerprint density at radius 1 is 0.765 bits per heavy atom. The molecule has 0 aromatic heterocycles. The molecule has 0 bridgehead atoms. The molecule has 0 saturated carbocycles. The van der Waals surface area contributed by atoms with Crippen LogP contribution in [0.2, 0.25) is 0 Å². The summed E-state index contributed by atoms with van der Waals surface area (Å²) in [4.78, 5) is 39.3. The number of halogens is 7. The molecule has 0 aliphatic rings. The Kier molecular flexibility index (Phi) is 12.2. The van der Waals surface area contributed by atoms with Crippen LogP contribution in [0, 0.1) is 23.3 Å². The summed E-state index contributed by atoms with van der Waals surface area (Å²) >= 11 is 0.747. The second-order valence-corrected chi connectivity index (χ2v) is 11.2. The monoisotopic (exact) mass is 737 g/mol. The van der Waals surface area contributed by atoms with E-state index in [4.69, 9.17) is 14.2 Å². The second-order valence-electron chi connectivity index (χ2n) is 10.2. The molecule has 0 aliphatic heterocycles. The molecule has 3 amide bonds. The Labute approximate surface area is 289 Å². The summed E-state index contributed by atoms with van der Waals surface area (Å²) in [6.45, 7) is 0. The molecule has 0 spiro atoms. The molecule has 4 rings (SSSR count). The summed E-state index contributed by atoms with van der Waals surface area (Å²) in [5.41, 5.74) is -3.92. The van der Waals surface area contributed by atoms with E-state index in [0.717, 1.165) is 11.8 Å². The first-order chi connectivity index (χ1) is 24.2. The number of rotatable bonds is 12. The minimum absolute atomic E-state index is 0.166. The van der Waals surface area contributed by atoms with Gasteiger partial charge in [0.15, 0.2) is 34.8 Å². The van der Waals surface area contributed by atoms with Crippen molar-refractivity contribution in [2.24, 2.45) is 0 Å². The lowest BCUT2D eigenvalue weighted by molar-refractivity contribution is -0.143. The molecule has 0 heterocycles. The molecule has 51 heavy (non-hydrogen) atoms. The highest BCUT2D eigenvalue weighted by molar-refractivity contribution is 8.00. The van der Waals surface area contributed by atoms with E-state index in [1.165, 1.54) is 75.9 Å². The summed E-state index contributed by atoms with van der Waals surface area (Å²) < 4.78 is 111. The molecule has 0 atom stereocenters. The molecular formula is C34H26F7N3O6S. The maximum Gasteiger partial charge on any atom is 0.422 e. The molecule has 268 valence electrons. The molecule has 0 saturated heterocycles. The van der Waals surface area contributed by atoms with Crippen LogP contribution in [-0.2, 0) is 15.8 Å². The molecule has 4 aromatic rings. The van der Waals surface area contributed by atoms with Crippen LogP contribution in [0.5, 0.6) is 17.2 Å². The molecule has 0 fully saturated rings. The highest BCUT2D eigenvalue weighted by Crippen LogP contribution is 2.40. The minimum Gasteiger partial charge on any atom is -0.493 e. The molecule has 0 radical (unpaired) electrons.